The number of anilines is 1. The number of rotatable bonds is 6. The van der Waals surface area contributed by atoms with Crippen LogP contribution in [-0.2, 0) is 0 Å². The number of nitrogens with one attached hydrogen (secondary N) is 1. The third-order valence-corrected chi connectivity index (χ3v) is 3.66. The quantitative estimate of drug-likeness (QED) is 0.815. The molecule has 0 aliphatic heterocycles. The fourth-order valence-corrected chi connectivity index (χ4v) is 2.30. The highest BCUT2D eigenvalue weighted by molar-refractivity contribution is 5.52. The molecule has 0 aliphatic rings. The Bertz CT molecular complexity index is 592. The summed E-state index contributed by atoms with van der Waals surface area (Å²) < 4.78 is 6.07. The van der Waals surface area contributed by atoms with E-state index in [0.717, 1.165) is 18.7 Å². The first kappa shape index (κ1) is 15.4. The number of hydrogen-bond acceptors (Lipinski definition) is 2. The SMILES string of the molecule is CCC(CNc1cc(C)ccc1C)Oc1cccc(C)c1. The minimum absolute atomic E-state index is 0.173. The van der Waals surface area contributed by atoms with Crippen LogP contribution in [-0.4, -0.2) is 12.6 Å². The van der Waals surface area contributed by atoms with Crippen LogP contribution < -0.4 is 10.1 Å². The second-order valence-electron chi connectivity index (χ2n) is 5.66. The number of hydrogen-bond donors (Lipinski definition) is 1. The van der Waals surface area contributed by atoms with Gasteiger partial charge in [0.25, 0.3) is 0 Å². The van der Waals surface area contributed by atoms with Crippen molar-refractivity contribution in [1.29, 1.82) is 0 Å². The van der Waals surface area contributed by atoms with E-state index < -0.39 is 0 Å². The van der Waals surface area contributed by atoms with E-state index in [-0.39, 0.29) is 6.10 Å². The van der Waals surface area contributed by atoms with Gasteiger partial charge in [0.15, 0.2) is 0 Å². The van der Waals surface area contributed by atoms with Crippen molar-refractivity contribution < 1.29 is 4.74 Å². The van der Waals surface area contributed by atoms with E-state index in [9.17, 15) is 0 Å². The summed E-state index contributed by atoms with van der Waals surface area (Å²) in [6, 6.07) is 14.7. The molecule has 0 radical (unpaired) electrons. The Balaban J connectivity index is 1.98. The minimum atomic E-state index is 0.173. The summed E-state index contributed by atoms with van der Waals surface area (Å²) in [5.41, 5.74) is 4.97. The predicted octanol–water partition coefficient (Wildman–Crippen LogP) is 4.88. The van der Waals surface area contributed by atoms with Gasteiger partial charge in [0.2, 0.25) is 0 Å². The number of benzene rings is 2. The van der Waals surface area contributed by atoms with Crippen molar-refractivity contribution in [3.8, 4) is 5.75 Å². The molecule has 0 amide bonds. The summed E-state index contributed by atoms with van der Waals surface area (Å²) in [6.45, 7) is 9.30. The normalized spacial score (nSPS) is 12.0. The molecule has 2 rings (SSSR count). The van der Waals surface area contributed by atoms with E-state index >= 15 is 0 Å². The molecule has 2 aromatic carbocycles. The van der Waals surface area contributed by atoms with Gasteiger partial charge in [-0.3, -0.25) is 0 Å². The van der Waals surface area contributed by atoms with Crippen molar-refractivity contribution in [1.82, 2.24) is 0 Å². The zero-order valence-corrected chi connectivity index (χ0v) is 13.4. The van der Waals surface area contributed by atoms with Crippen LogP contribution in [0.4, 0.5) is 5.69 Å². The van der Waals surface area contributed by atoms with Gasteiger partial charge in [-0.1, -0.05) is 31.2 Å². The molecular weight excluding hydrogens is 258 g/mol. The molecule has 0 bridgehead atoms. The Morgan fingerprint density at radius 3 is 2.48 bits per heavy atom. The average molecular weight is 283 g/mol. The van der Waals surface area contributed by atoms with Gasteiger partial charge >= 0.3 is 0 Å². The molecule has 21 heavy (non-hydrogen) atoms. The van der Waals surface area contributed by atoms with E-state index in [1.54, 1.807) is 0 Å². The number of ether oxygens (including phenoxy) is 1. The average Bonchev–Trinajstić information content (AvgIpc) is 2.46. The molecule has 0 saturated carbocycles. The first-order chi connectivity index (χ1) is 10.1. The van der Waals surface area contributed by atoms with Crippen LogP contribution in [0.2, 0.25) is 0 Å². The Kier molecular flexibility index (Phi) is 5.26. The third kappa shape index (κ3) is 4.52. The lowest BCUT2D eigenvalue weighted by atomic mass is 10.1. The molecule has 1 unspecified atom stereocenters. The van der Waals surface area contributed by atoms with Crippen molar-refractivity contribution in [3.05, 3.63) is 59.2 Å². The molecule has 112 valence electrons. The molecule has 0 aromatic heterocycles. The van der Waals surface area contributed by atoms with Gasteiger partial charge in [-0.25, -0.2) is 0 Å². The van der Waals surface area contributed by atoms with Crippen molar-refractivity contribution in [2.45, 2.75) is 40.2 Å². The van der Waals surface area contributed by atoms with Crippen LogP contribution in [0.5, 0.6) is 5.75 Å². The van der Waals surface area contributed by atoms with Crippen LogP contribution in [0.3, 0.4) is 0 Å². The topological polar surface area (TPSA) is 21.3 Å². The maximum absolute atomic E-state index is 6.07. The van der Waals surface area contributed by atoms with Gasteiger partial charge in [0, 0.05) is 5.69 Å². The molecule has 1 atom stereocenters. The lowest BCUT2D eigenvalue weighted by Crippen LogP contribution is -2.25. The molecule has 0 fully saturated rings. The molecule has 0 saturated heterocycles. The number of aryl methyl sites for hydroxylation is 3. The van der Waals surface area contributed by atoms with Crippen LogP contribution in [0.15, 0.2) is 42.5 Å². The van der Waals surface area contributed by atoms with Gasteiger partial charge in [0.05, 0.1) is 6.54 Å². The highest BCUT2D eigenvalue weighted by Gasteiger charge is 2.09. The van der Waals surface area contributed by atoms with E-state index in [1.165, 1.54) is 22.4 Å². The summed E-state index contributed by atoms with van der Waals surface area (Å²) in [5, 5.41) is 3.51. The molecule has 2 nitrogen and oxygen atoms in total. The van der Waals surface area contributed by atoms with Crippen LogP contribution >= 0.6 is 0 Å². The summed E-state index contributed by atoms with van der Waals surface area (Å²) in [7, 11) is 0. The second kappa shape index (κ2) is 7.16. The van der Waals surface area contributed by atoms with Crippen molar-refractivity contribution in [2.24, 2.45) is 0 Å². The Morgan fingerprint density at radius 2 is 1.76 bits per heavy atom. The van der Waals surface area contributed by atoms with Crippen molar-refractivity contribution >= 4 is 5.69 Å². The van der Waals surface area contributed by atoms with Crippen molar-refractivity contribution in [2.75, 3.05) is 11.9 Å². The molecule has 0 spiro atoms. The zero-order chi connectivity index (χ0) is 15.2. The maximum Gasteiger partial charge on any atom is 0.120 e. The smallest absolute Gasteiger partial charge is 0.120 e. The Hall–Kier alpha value is -1.96. The lowest BCUT2D eigenvalue weighted by molar-refractivity contribution is 0.210. The summed E-state index contributed by atoms with van der Waals surface area (Å²) in [4.78, 5) is 0. The van der Waals surface area contributed by atoms with E-state index in [2.05, 4.69) is 63.3 Å². The summed E-state index contributed by atoms with van der Waals surface area (Å²) in [5.74, 6) is 0.949. The second-order valence-corrected chi connectivity index (χ2v) is 5.66. The molecule has 1 N–H and O–H groups in total. The first-order valence-electron chi connectivity index (χ1n) is 7.63. The highest BCUT2D eigenvalue weighted by atomic mass is 16.5. The predicted molar refractivity (Wildman–Crippen MR) is 90.3 cm³/mol. The summed E-state index contributed by atoms with van der Waals surface area (Å²) >= 11 is 0. The van der Waals surface area contributed by atoms with Crippen LogP contribution in [0.1, 0.15) is 30.0 Å². The van der Waals surface area contributed by atoms with Gasteiger partial charge in [0.1, 0.15) is 11.9 Å². The summed E-state index contributed by atoms with van der Waals surface area (Å²) in [6.07, 6.45) is 1.15. The maximum atomic E-state index is 6.07. The Labute approximate surface area is 128 Å². The van der Waals surface area contributed by atoms with Crippen LogP contribution in [0.25, 0.3) is 0 Å². The van der Waals surface area contributed by atoms with Crippen molar-refractivity contribution in [3.63, 3.8) is 0 Å². The van der Waals surface area contributed by atoms with Gasteiger partial charge in [-0.2, -0.15) is 0 Å². The molecular formula is C19H25NO. The van der Waals surface area contributed by atoms with E-state index in [1.807, 2.05) is 12.1 Å². The highest BCUT2D eigenvalue weighted by Crippen LogP contribution is 2.18. The Morgan fingerprint density at radius 1 is 1.00 bits per heavy atom. The van der Waals surface area contributed by atoms with Gasteiger partial charge < -0.3 is 10.1 Å². The monoisotopic (exact) mass is 283 g/mol. The standard InChI is InChI=1S/C19H25NO/c1-5-17(21-18-8-6-7-14(2)11-18)13-20-19-12-15(3)9-10-16(19)4/h6-12,17,20H,5,13H2,1-4H3. The fraction of sp³-hybridized carbons (Fsp3) is 0.368. The minimum Gasteiger partial charge on any atom is -0.489 e. The molecule has 2 heteroatoms. The zero-order valence-electron chi connectivity index (χ0n) is 13.4. The first-order valence-corrected chi connectivity index (χ1v) is 7.63. The van der Waals surface area contributed by atoms with E-state index in [0.29, 0.717) is 0 Å². The van der Waals surface area contributed by atoms with E-state index in [4.69, 9.17) is 4.74 Å². The molecule has 2 aromatic rings. The van der Waals surface area contributed by atoms with Gasteiger partial charge in [-0.15, -0.1) is 0 Å². The molecule has 0 aliphatic carbocycles. The third-order valence-electron chi connectivity index (χ3n) is 3.66. The van der Waals surface area contributed by atoms with Gasteiger partial charge in [-0.05, 0) is 62.1 Å². The largest absolute Gasteiger partial charge is 0.489 e. The molecule has 0 heterocycles. The lowest BCUT2D eigenvalue weighted by Gasteiger charge is -2.20. The fourth-order valence-electron chi connectivity index (χ4n) is 2.30. The van der Waals surface area contributed by atoms with Crippen LogP contribution in [0, 0.1) is 20.8 Å².